The second kappa shape index (κ2) is 8.81. The second-order valence-electron chi connectivity index (χ2n) is 6.81. The summed E-state index contributed by atoms with van der Waals surface area (Å²) in [4.78, 5) is 0. The Balaban J connectivity index is 1.88. The molecule has 0 amide bonds. The van der Waals surface area contributed by atoms with E-state index in [0.717, 1.165) is 43.0 Å². The summed E-state index contributed by atoms with van der Waals surface area (Å²) < 4.78 is 88.1. The van der Waals surface area contributed by atoms with Crippen molar-refractivity contribution in [3.63, 3.8) is 0 Å². The smallest absolute Gasteiger partial charge is 0.429 e. The lowest BCUT2D eigenvalue weighted by Crippen LogP contribution is -2.25. The average Bonchev–Trinajstić information content (AvgIpc) is 2.68. The Kier molecular flexibility index (Phi) is 6.39. The highest BCUT2D eigenvalue weighted by molar-refractivity contribution is 5.64. The largest absolute Gasteiger partial charge is 0.432 e. The summed E-state index contributed by atoms with van der Waals surface area (Å²) in [6, 6.07) is 10.2. The molecule has 158 valence electrons. The van der Waals surface area contributed by atoms with Gasteiger partial charge in [-0.25, -0.2) is 17.6 Å². The number of unbranched alkanes of at least 4 members (excludes halogenated alkanes) is 1. The Morgan fingerprint density at radius 2 is 1.37 bits per heavy atom. The van der Waals surface area contributed by atoms with Gasteiger partial charge in [-0.05, 0) is 53.8 Å². The van der Waals surface area contributed by atoms with Gasteiger partial charge in [0.1, 0.15) is 22.9 Å². The fourth-order valence-corrected chi connectivity index (χ4v) is 3.00. The first-order valence-corrected chi connectivity index (χ1v) is 9.32. The van der Waals surface area contributed by atoms with Gasteiger partial charge < -0.3 is 4.74 Å². The summed E-state index contributed by atoms with van der Waals surface area (Å²) in [6.07, 6.45) is -1.54. The van der Waals surface area contributed by atoms with Crippen LogP contribution in [0.4, 0.5) is 26.3 Å². The zero-order chi connectivity index (χ0) is 21.9. The molecule has 3 rings (SSSR count). The summed E-state index contributed by atoms with van der Waals surface area (Å²) >= 11 is 0. The van der Waals surface area contributed by atoms with E-state index in [1.807, 2.05) is 12.1 Å². The minimum atomic E-state index is -4.44. The van der Waals surface area contributed by atoms with Crippen LogP contribution >= 0.6 is 0 Å². The van der Waals surface area contributed by atoms with Gasteiger partial charge in [0, 0.05) is 6.07 Å². The van der Waals surface area contributed by atoms with E-state index in [1.165, 1.54) is 0 Å². The standard InChI is InChI=1S/C23H18F6O/c1-2-3-4-14-5-7-15(8-6-14)16-11-20(26)22(21(27)12-16)23(28,29)30-17-9-10-18(24)19(25)13-17/h5-13H,2-4H2,1H3. The summed E-state index contributed by atoms with van der Waals surface area (Å²) in [7, 11) is 0. The maximum absolute atomic E-state index is 14.5. The lowest BCUT2D eigenvalue weighted by molar-refractivity contribution is -0.189. The average molecular weight is 424 g/mol. The number of hydrogen-bond donors (Lipinski definition) is 0. The van der Waals surface area contributed by atoms with Crippen LogP contribution in [0.5, 0.6) is 5.75 Å². The van der Waals surface area contributed by atoms with Crippen molar-refractivity contribution >= 4 is 0 Å². The number of aryl methyl sites for hydroxylation is 1. The van der Waals surface area contributed by atoms with E-state index in [2.05, 4.69) is 11.7 Å². The third-order valence-electron chi connectivity index (χ3n) is 4.58. The number of hydrogen-bond acceptors (Lipinski definition) is 1. The number of alkyl halides is 2. The predicted octanol–water partition coefficient (Wildman–Crippen LogP) is 7.38. The minimum absolute atomic E-state index is 0.0828. The SMILES string of the molecule is CCCCc1ccc(-c2cc(F)c(C(F)(F)Oc3ccc(F)c(F)c3)c(F)c2)cc1. The van der Waals surface area contributed by atoms with Crippen molar-refractivity contribution in [3.05, 3.63) is 89.0 Å². The third-order valence-corrected chi connectivity index (χ3v) is 4.58. The first-order valence-electron chi connectivity index (χ1n) is 9.32. The van der Waals surface area contributed by atoms with E-state index in [0.29, 0.717) is 17.7 Å². The monoisotopic (exact) mass is 424 g/mol. The normalized spacial score (nSPS) is 11.6. The highest BCUT2D eigenvalue weighted by Crippen LogP contribution is 2.37. The molecule has 0 fully saturated rings. The molecule has 0 saturated carbocycles. The Bertz CT molecular complexity index is 1010. The summed E-state index contributed by atoms with van der Waals surface area (Å²) in [5.41, 5.74) is -0.0102. The first-order chi connectivity index (χ1) is 14.2. The van der Waals surface area contributed by atoms with E-state index in [9.17, 15) is 26.3 Å². The van der Waals surface area contributed by atoms with Crippen molar-refractivity contribution < 1.29 is 31.1 Å². The van der Waals surface area contributed by atoms with E-state index in [1.54, 1.807) is 12.1 Å². The molecule has 0 spiro atoms. The van der Waals surface area contributed by atoms with Crippen molar-refractivity contribution in [2.24, 2.45) is 0 Å². The second-order valence-corrected chi connectivity index (χ2v) is 6.81. The number of halogens is 6. The Labute approximate surface area is 169 Å². The van der Waals surface area contributed by atoms with Crippen LogP contribution in [0, 0.1) is 23.3 Å². The first kappa shape index (κ1) is 21.7. The van der Waals surface area contributed by atoms with Crippen LogP contribution in [-0.4, -0.2) is 0 Å². The van der Waals surface area contributed by atoms with Crippen molar-refractivity contribution in [1.82, 2.24) is 0 Å². The zero-order valence-electron chi connectivity index (χ0n) is 16.0. The van der Waals surface area contributed by atoms with Crippen molar-refractivity contribution in [3.8, 4) is 16.9 Å². The molecule has 7 heteroatoms. The summed E-state index contributed by atoms with van der Waals surface area (Å²) in [6.45, 7) is 2.06. The van der Waals surface area contributed by atoms with E-state index in [4.69, 9.17) is 0 Å². The van der Waals surface area contributed by atoms with Gasteiger partial charge in [0.2, 0.25) is 0 Å². The van der Waals surface area contributed by atoms with E-state index in [-0.39, 0.29) is 5.56 Å². The quantitative estimate of drug-likeness (QED) is 0.360. The van der Waals surface area contributed by atoms with E-state index >= 15 is 0 Å². The fourth-order valence-electron chi connectivity index (χ4n) is 3.00. The van der Waals surface area contributed by atoms with E-state index < -0.39 is 40.7 Å². The lowest BCUT2D eigenvalue weighted by Gasteiger charge is -2.20. The zero-order valence-corrected chi connectivity index (χ0v) is 16.0. The van der Waals surface area contributed by atoms with Crippen LogP contribution in [0.1, 0.15) is 30.9 Å². The molecule has 0 atom stereocenters. The van der Waals surface area contributed by atoms with Crippen LogP contribution in [0.25, 0.3) is 11.1 Å². The molecule has 0 bridgehead atoms. The topological polar surface area (TPSA) is 9.23 Å². The molecule has 0 radical (unpaired) electrons. The molecule has 1 nitrogen and oxygen atoms in total. The summed E-state index contributed by atoms with van der Waals surface area (Å²) in [5, 5.41) is 0. The van der Waals surface area contributed by atoms with Crippen LogP contribution in [0.2, 0.25) is 0 Å². The maximum Gasteiger partial charge on any atom is 0.432 e. The predicted molar refractivity (Wildman–Crippen MR) is 101 cm³/mol. The van der Waals surface area contributed by atoms with Gasteiger partial charge in [-0.3, -0.25) is 0 Å². The number of rotatable bonds is 7. The molecule has 30 heavy (non-hydrogen) atoms. The van der Waals surface area contributed by atoms with Gasteiger partial charge in [-0.15, -0.1) is 0 Å². The number of benzene rings is 3. The molecule has 0 saturated heterocycles. The third kappa shape index (κ3) is 4.78. The highest BCUT2D eigenvalue weighted by Gasteiger charge is 2.41. The molecule has 0 aliphatic rings. The van der Waals surface area contributed by atoms with Gasteiger partial charge in [0.25, 0.3) is 0 Å². The van der Waals surface area contributed by atoms with Crippen molar-refractivity contribution in [2.75, 3.05) is 0 Å². The fraction of sp³-hybridized carbons (Fsp3) is 0.217. The van der Waals surface area contributed by atoms with Crippen molar-refractivity contribution in [2.45, 2.75) is 32.3 Å². The minimum Gasteiger partial charge on any atom is -0.429 e. The van der Waals surface area contributed by atoms with Crippen LogP contribution in [0.3, 0.4) is 0 Å². The van der Waals surface area contributed by atoms with Gasteiger partial charge in [0.15, 0.2) is 11.6 Å². The summed E-state index contributed by atoms with van der Waals surface area (Å²) in [5.74, 6) is -6.51. The van der Waals surface area contributed by atoms with Gasteiger partial charge in [-0.2, -0.15) is 8.78 Å². The maximum atomic E-state index is 14.5. The molecule has 0 aliphatic heterocycles. The molecular weight excluding hydrogens is 406 g/mol. The Morgan fingerprint density at radius 1 is 0.733 bits per heavy atom. The molecule has 0 aromatic heterocycles. The molecule has 0 N–H and O–H groups in total. The lowest BCUT2D eigenvalue weighted by atomic mass is 10.00. The van der Waals surface area contributed by atoms with Crippen LogP contribution in [-0.2, 0) is 12.5 Å². The van der Waals surface area contributed by atoms with Gasteiger partial charge in [0.05, 0.1) is 0 Å². The van der Waals surface area contributed by atoms with Gasteiger partial charge >= 0.3 is 6.11 Å². The van der Waals surface area contributed by atoms with Crippen molar-refractivity contribution in [1.29, 1.82) is 0 Å². The molecular formula is C23H18F6O. The molecule has 3 aromatic carbocycles. The molecule has 0 aliphatic carbocycles. The molecule has 3 aromatic rings. The Hall–Kier alpha value is -2.96. The molecule has 0 heterocycles. The number of ether oxygens (including phenoxy) is 1. The Morgan fingerprint density at radius 3 is 1.93 bits per heavy atom. The van der Waals surface area contributed by atoms with Crippen LogP contribution in [0.15, 0.2) is 54.6 Å². The van der Waals surface area contributed by atoms with Gasteiger partial charge in [-0.1, -0.05) is 37.6 Å². The van der Waals surface area contributed by atoms with Crippen LogP contribution < -0.4 is 4.74 Å². The highest BCUT2D eigenvalue weighted by atomic mass is 19.3. The molecule has 0 unspecified atom stereocenters.